The normalized spacial score (nSPS) is 10.1. The molecule has 19 heavy (non-hydrogen) atoms. The minimum absolute atomic E-state index is 0.162. The van der Waals surface area contributed by atoms with Crippen molar-refractivity contribution < 1.29 is 9.53 Å². The van der Waals surface area contributed by atoms with Crippen LogP contribution in [0.25, 0.3) is 0 Å². The average Bonchev–Trinajstić information content (AvgIpc) is 2.39. The molecule has 0 bridgehead atoms. The van der Waals surface area contributed by atoms with E-state index in [4.69, 9.17) is 16.3 Å². The average molecular weight is 276 g/mol. The Bertz CT molecular complexity index is 611. The summed E-state index contributed by atoms with van der Waals surface area (Å²) in [6.45, 7) is 1.95. The van der Waals surface area contributed by atoms with E-state index in [9.17, 15) is 4.79 Å². The van der Waals surface area contributed by atoms with Crippen LogP contribution in [0.1, 0.15) is 15.9 Å². The predicted octanol–water partition coefficient (Wildman–Crippen LogP) is 3.91. The van der Waals surface area contributed by atoms with Crippen molar-refractivity contribution in [2.45, 2.75) is 6.92 Å². The molecule has 2 aromatic rings. The molecule has 1 amide bonds. The third-order valence-electron chi connectivity index (χ3n) is 2.69. The lowest BCUT2D eigenvalue weighted by Gasteiger charge is -2.08. The van der Waals surface area contributed by atoms with E-state index >= 15 is 0 Å². The molecule has 0 saturated carbocycles. The Kier molecular flexibility index (Phi) is 4.07. The lowest BCUT2D eigenvalue weighted by Crippen LogP contribution is -2.11. The minimum Gasteiger partial charge on any atom is -0.495 e. The number of halogens is 1. The third kappa shape index (κ3) is 3.26. The summed E-state index contributed by atoms with van der Waals surface area (Å²) in [4.78, 5) is 12.0. The van der Waals surface area contributed by atoms with Crippen molar-refractivity contribution in [3.63, 3.8) is 0 Å². The van der Waals surface area contributed by atoms with Gasteiger partial charge in [-0.2, -0.15) is 0 Å². The van der Waals surface area contributed by atoms with Gasteiger partial charge in [-0.1, -0.05) is 29.3 Å². The molecule has 1 N–H and O–H groups in total. The Hall–Kier alpha value is -2.00. The van der Waals surface area contributed by atoms with E-state index in [-0.39, 0.29) is 5.91 Å². The van der Waals surface area contributed by atoms with Crippen molar-refractivity contribution in [3.8, 4) is 5.75 Å². The van der Waals surface area contributed by atoms with Gasteiger partial charge in [-0.25, -0.2) is 0 Å². The number of hydrogen-bond acceptors (Lipinski definition) is 2. The molecule has 0 fully saturated rings. The molecule has 0 heterocycles. The summed E-state index contributed by atoms with van der Waals surface area (Å²) in [6, 6.07) is 12.5. The molecule has 0 aliphatic heterocycles. The van der Waals surface area contributed by atoms with Crippen molar-refractivity contribution in [1.82, 2.24) is 0 Å². The number of nitrogens with one attached hydrogen (secondary N) is 1. The number of ether oxygens (including phenoxy) is 1. The van der Waals surface area contributed by atoms with Gasteiger partial charge in [0.1, 0.15) is 5.75 Å². The number of anilines is 1. The van der Waals surface area contributed by atoms with E-state index in [2.05, 4.69) is 5.32 Å². The highest BCUT2D eigenvalue weighted by Gasteiger charge is 2.08. The lowest BCUT2D eigenvalue weighted by atomic mass is 10.1. The van der Waals surface area contributed by atoms with E-state index in [1.807, 2.05) is 25.1 Å². The number of benzene rings is 2. The number of aryl methyl sites for hydroxylation is 1. The molecule has 2 rings (SSSR count). The zero-order valence-electron chi connectivity index (χ0n) is 10.7. The highest BCUT2D eigenvalue weighted by atomic mass is 35.5. The van der Waals surface area contributed by atoms with Crippen LogP contribution >= 0.6 is 11.6 Å². The van der Waals surface area contributed by atoms with Crippen LogP contribution in [0.3, 0.4) is 0 Å². The predicted molar refractivity (Wildman–Crippen MR) is 77.1 cm³/mol. The van der Waals surface area contributed by atoms with Gasteiger partial charge in [0, 0.05) is 11.3 Å². The summed E-state index contributed by atoms with van der Waals surface area (Å²) < 4.78 is 5.06. The van der Waals surface area contributed by atoms with Gasteiger partial charge in [-0.15, -0.1) is 0 Å². The van der Waals surface area contributed by atoms with Crippen molar-refractivity contribution in [1.29, 1.82) is 0 Å². The van der Waals surface area contributed by atoms with E-state index in [0.717, 1.165) is 5.56 Å². The molecule has 0 aromatic heterocycles. The molecule has 2 aromatic carbocycles. The number of carbonyl (C=O) groups is 1. The maximum Gasteiger partial charge on any atom is 0.255 e. The van der Waals surface area contributed by atoms with Crippen LogP contribution in [0.2, 0.25) is 5.02 Å². The quantitative estimate of drug-likeness (QED) is 0.922. The molecule has 0 atom stereocenters. The highest BCUT2D eigenvalue weighted by molar-refractivity contribution is 6.32. The van der Waals surface area contributed by atoms with Crippen LogP contribution in [-0.2, 0) is 0 Å². The number of carbonyl (C=O) groups excluding carboxylic acids is 1. The summed E-state index contributed by atoms with van der Waals surface area (Å²) >= 11 is 6.01. The topological polar surface area (TPSA) is 38.3 Å². The first-order valence-electron chi connectivity index (χ1n) is 5.81. The molecule has 0 spiro atoms. The maximum absolute atomic E-state index is 12.0. The monoisotopic (exact) mass is 275 g/mol. The van der Waals surface area contributed by atoms with Gasteiger partial charge in [-0.05, 0) is 37.3 Å². The SMILES string of the molecule is COc1ccc(NC(=O)c2cccc(C)c2)cc1Cl. The fourth-order valence-corrected chi connectivity index (χ4v) is 1.99. The second kappa shape index (κ2) is 5.76. The Balaban J connectivity index is 2.17. The van der Waals surface area contributed by atoms with E-state index in [1.54, 1.807) is 31.4 Å². The van der Waals surface area contributed by atoms with Crippen LogP contribution < -0.4 is 10.1 Å². The molecular weight excluding hydrogens is 262 g/mol. The van der Waals surface area contributed by atoms with Crippen molar-refractivity contribution in [3.05, 3.63) is 58.6 Å². The molecule has 3 nitrogen and oxygen atoms in total. The van der Waals surface area contributed by atoms with Crippen LogP contribution in [-0.4, -0.2) is 13.0 Å². The minimum atomic E-state index is -0.162. The summed E-state index contributed by atoms with van der Waals surface area (Å²) in [5.74, 6) is 0.417. The van der Waals surface area contributed by atoms with Gasteiger partial charge in [0.2, 0.25) is 0 Å². The fourth-order valence-electron chi connectivity index (χ4n) is 1.73. The molecule has 0 unspecified atom stereocenters. The Labute approximate surface area is 117 Å². The van der Waals surface area contributed by atoms with Gasteiger partial charge < -0.3 is 10.1 Å². The van der Waals surface area contributed by atoms with Crippen LogP contribution in [0.15, 0.2) is 42.5 Å². The maximum atomic E-state index is 12.0. The smallest absolute Gasteiger partial charge is 0.255 e. The lowest BCUT2D eigenvalue weighted by molar-refractivity contribution is 0.102. The Morgan fingerprint density at radius 3 is 2.63 bits per heavy atom. The molecule has 0 aliphatic carbocycles. The number of methoxy groups -OCH3 is 1. The van der Waals surface area contributed by atoms with Crippen molar-refractivity contribution >= 4 is 23.2 Å². The first kappa shape index (κ1) is 13.4. The van der Waals surface area contributed by atoms with Gasteiger partial charge in [-0.3, -0.25) is 4.79 Å². The number of hydrogen-bond donors (Lipinski definition) is 1. The standard InChI is InChI=1S/C15H14ClNO2/c1-10-4-3-5-11(8-10)15(18)17-12-6-7-14(19-2)13(16)9-12/h3-9H,1-2H3,(H,17,18). The second-order valence-corrected chi connectivity index (χ2v) is 4.58. The molecule has 0 saturated heterocycles. The van der Waals surface area contributed by atoms with E-state index < -0.39 is 0 Å². The van der Waals surface area contributed by atoms with E-state index in [1.165, 1.54) is 0 Å². The first-order valence-corrected chi connectivity index (χ1v) is 6.19. The van der Waals surface area contributed by atoms with Crippen LogP contribution in [0, 0.1) is 6.92 Å². The van der Waals surface area contributed by atoms with Gasteiger partial charge in [0.25, 0.3) is 5.91 Å². The largest absolute Gasteiger partial charge is 0.495 e. The summed E-state index contributed by atoms with van der Waals surface area (Å²) in [7, 11) is 1.55. The van der Waals surface area contributed by atoms with Gasteiger partial charge in [0.15, 0.2) is 0 Å². The number of amides is 1. The van der Waals surface area contributed by atoms with Gasteiger partial charge in [0.05, 0.1) is 12.1 Å². The summed E-state index contributed by atoms with van der Waals surface area (Å²) in [5.41, 5.74) is 2.30. The first-order chi connectivity index (χ1) is 9.10. The molecule has 4 heteroatoms. The zero-order valence-corrected chi connectivity index (χ0v) is 11.5. The van der Waals surface area contributed by atoms with Crippen LogP contribution in [0.5, 0.6) is 5.75 Å². The zero-order chi connectivity index (χ0) is 13.8. The summed E-state index contributed by atoms with van der Waals surface area (Å²) in [5, 5.41) is 3.26. The molecule has 98 valence electrons. The van der Waals surface area contributed by atoms with E-state index in [0.29, 0.717) is 22.0 Å². The molecule has 0 radical (unpaired) electrons. The van der Waals surface area contributed by atoms with Crippen molar-refractivity contribution in [2.75, 3.05) is 12.4 Å². The van der Waals surface area contributed by atoms with Gasteiger partial charge >= 0.3 is 0 Å². The summed E-state index contributed by atoms with van der Waals surface area (Å²) in [6.07, 6.45) is 0. The fraction of sp³-hybridized carbons (Fsp3) is 0.133. The third-order valence-corrected chi connectivity index (χ3v) is 2.99. The molecular formula is C15H14ClNO2. The van der Waals surface area contributed by atoms with Crippen molar-refractivity contribution in [2.24, 2.45) is 0 Å². The van der Waals surface area contributed by atoms with Crippen LogP contribution in [0.4, 0.5) is 5.69 Å². The highest BCUT2D eigenvalue weighted by Crippen LogP contribution is 2.27. The second-order valence-electron chi connectivity index (χ2n) is 4.17. The number of rotatable bonds is 3. The Morgan fingerprint density at radius 2 is 2.00 bits per heavy atom. The molecule has 0 aliphatic rings. The Morgan fingerprint density at radius 1 is 1.21 bits per heavy atom.